The van der Waals surface area contributed by atoms with E-state index in [1.165, 1.54) is 12.1 Å². The molecule has 172 valence electrons. The number of anilines is 1. The van der Waals surface area contributed by atoms with Gasteiger partial charge in [-0.1, -0.05) is 36.8 Å². The Kier molecular flexibility index (Phi) is 5.80. The molecule has 2 aliphatic rings. The second kappa shape index (κ2) is 8.76. The molecule has 0 spiro atoms. The van der Waals surface area contributed by atoms with Gasteiger partial charge in [0.15, 0.2) is 0 Å². The molecule has 1 saturated carbocycles. The molecule has 8 heteroatoms. The lowest BCUT2D eigenvalue weighted by molar-refractivity contribution is 0.102. The van der Waals surface area contributed by atoms with Crippen LogP contribution in [0.15, 0.2) is 65.8 Å². The molecule has 1 amide bonds. The van der Waals surface area contributed by atoms with Crippen molar-refractivity contribution < 1.29 is 13.2 Å². The predicted octanol–water partition coefficient (Wildman–Crippen LogP) is 4.70. The van der Waals surface area contributed by atoms with Crippen LogP contribution in [0.5, 0.6) is 0 Å². The number of rotatable bonds is 6. The van der Waals surface area contributed by atoms with Gasteiger partial charge >= 0.3 is 0 Å². The number of hydrogen-bond acceptors (Lipinski definition) is 4. The molecule has 1 aliphatic heterocycles. The van der Waals surface area contributed by atoms with Gasteiger partial charge in [0, 0.05) is 29.8 Å². The van der Waals surface area contributed by atoms with Crippen LogP contribution in [0.2, 0.25) is 0 Å². The van der Waals surface area contributed by atoms with Gasteiger partial charge in [-0.05, 0) is 56.9 Å². The molecule has 2 aromatic carbocycles. The molecule has 7 nitrogen and oxygen atoms in total. The Hall–Kier alpha value is -2.97. The summed E-state index contributed by atoms with van der Waals surface area (Å²) < 4.78 is 29.8. The zero-order chi connectivity index (χ0) is 23.0. The summed E-state index contributed by atoms with van der Waals surface area (Å²) in [5, 5.41) is 3.03. The lowest BCUT2D eigenvalue weighted by Gasteiger charge is -2.32. The Labute approximate surface area is 194 Å². The SMILES string of the molecule is C[C@@H]1CCCCN1S(=O)(=O)c1ccc(C(=O)Nc2c(-c3ccccc3)ncn2C2CC2)cc1. The molecule has 1 saturated heterocycles. The molecular formula is C25H28N4O3S. The molecule has 0 bridgehead atoms. The first-order valence-electron chi connectivity index (χ1n) is 11.5. The number of nitrogens with zero attached hydrogens (tertiary/aromatic N) is 3. The first kappa shape index (κ1) is 21.9. The molecule has 33 heavy (non-hydrogen) atoms. The van der Waals surface area contributed by atoms with Crippen molar-refractivity contribution in [2.24, 2.45) is 0 Å². The van der Waals surface area contributed by atoms with Crippen molar-refractivity contribution in [3.05, 3.63) is 66.5 Å². The summed E-state index contributed by atoms with van der Waals surface area (Å²) in [6.45, 7) is 2.49. The molecule has 2 heterocycles. The van der Waals surface area contributed by atoms with Crippen molar-refractivity contribution in [1.82, 2.24) is 13.9 Å². The number of sulfonamides is 1. The van der Waals surface area contributed by atoms with Crippen molar-refractivity contribution in [2.75, 3.05) is 11.9 Å². The Morgan fingerprint density at radius 2 is 1.73 bits per heavy atom. The molecule has 0 radical (unpaired) electrons. The molecule has 1 atom stereocenters. The second-order valence-electron chi connectivity index (χ2n) is 8.89. The minimum Gasteiger partial charge on any atom is -0.314 e. The van der Waals surface area contributed by atoms with E-state index in [4.69, 9.17) is 0 Å². The van der Waals surface area contributed by atoms with Gasteiger partial charge in [-0.3, -0.25) is 4.79 Å². The first-order chi connectivity index (χ1) is 15.9. The van der Waals surface area contributed by atoms with Crippen LogP contribution in [0.3, 0.4) is 0 Å². The topological polar surface area (TPSA) is 84.3 Å². The number of imidazole rings is 1. The average Bonchev–Trinajstić information content (AvgIpc) is 3.60. The van der Waals surface area contributed by atoms with Crippen molar-refractivity contribution in [1.29, 1.82) is 0 Å². The molecular weight excluding hydrogens is 436 g/mol. The highest BCUT2D eigenvalue weighted by Crippen LogP contribution is 2.40. The third-order valence-corrected chi connectivity index (χ3v) is 8.51. The summed E-state index contributed by atoms with van der Waals surface area (Å²) in [6.07, 6.45) is 6.71. The Balaban J connectivity index is 1.39. The quantitative estimate of drug-likeness (QED) is 0.573. The van der Waals surface area contributed by atoms with E-state index in [2.05, 4.69) is 10.3 Å². The van der Waals surface area contributed by atoms with Crippen LogP contribution < -0.4 is 5.32 Å². The van der Waals surface area contributed by atoms with Crippen LogP contribution >= 0.6 is 0 Å². The normalized spacial score (nSPS) is 19.4. The van der Waals surface area contributed by atoms with Gasteiger partial charge in [0.05, 0.1) is 11.2 Å². The van der Waals surface area contributed by atoms with Crippen LogP contribution in [-0.4, -0.2) is 40.8 Å². The Morgan fingerprint density at radius 1 is 1.00 bits per heavy atom. The van der Waals surface area contributed by atoms with Gasteiger partial charge < -0.3 is 9.88 Å². The van der Waals surface area contributed by atoms with E-state index in [1.54, 1.807) is 22.8 Å². The van der Waals surface area contributed by atoms with Gasteiger partial charge in [-0.2, -0.15) is 4.31 Å². The van der Waals surface area contributed by atoms with E-state index in [9.17, 15) is 13.2 Å². The van der Waals surface area contributed by atoms with Crippen molar-refractivity contribution in [3.63, 3.8) is 0 Å². The average molecular weight is 465 g/mol. The van der Waals surface area contributed by atoms with Crippen LogP contribution in [-0.2, 0) is 10.0 Å². The predicted molar refractivity (Wildman–Crippen MR) is 128 cm³/mol. The van der Waals surface area contributed by atoms with E-state index >= 15 is 0 Å². The van der Waals surface area contributed by atoms with Crippen molar-refractivity contribution in [3.8, 4) is 11.3 Å². The maximum Gasteiger partial charge on any atom is 0.256 e. The third-order valence-electron chi connectivity index (χ3n) is 6.48. The fraction of sp³-hybridized carbons (Fsp3) is 0.360. The zero-order valence-electron chi connectivity index (χ0n) is 18.6. The van der Waals surface area contributed by atoms with Gasteiger partial charge in [0.25, 0.3) is 5.91 Å². The summed E-state index contributed by atoms with van der Waals surface area (Å²) in [5.74, 6) is 0.386. The molecule has 2 fully saturated rings. The standard InChI is InChI=1S/C25H28N4O3S/c1-18-7-5-6-16-29(18)33(31,32)22-14-10-20(11-15-22)25(30)27-24-23(19-8-3-2-4-9-19)26-17-28(24)21-12-13-21/h2-4,8-11,14-15,17-18,21H,5-7,12-13,16H2,1H3,(H,27,30)/t18-/m1/s1. The first-order valence-corrected chi connectivity index (χ1v) is 12.9. The van der Waals surface area contributed by atoms with E-state index in [1.807, 2.05) is 41.8 Å². The van der Waals surface area contributed by atoms with Crippen LogP contribution in [0.4, 0.5) is 5.82 Å². The highest BCUT2D eigenvalue weighted by Gasteiger charge is 2.31. The number of carbonyl (C=O) groups excluding carboxylic acids is 1. The maximum atomic E-state index is 13.1. The smallest absolute Gasteiger partial charge is 0.256 e. The second-order valence-corrected chi connectivity index (χ2v) is 10.8. The third kappa shape index (κ3) is 4.32. The fourth-order valence-corrected chi connectivity index (χ4v) is 6.14. The van der Waals surface area contributed by atoms with Crippen LogP contribution in [0.25, 0.3) is 11.3 Å². The highest BCUT2D eigenvalue weighted by atomic mass is 32.2. The number of amides is 1. The van der Waals surface area contributed by atoms with Gasteiger partial charge in [-0.25, -0.2) is 13.4 Å². The molecule has 1 aromatic heterocycles. The molecule has 1 N–H and O–H groups in total. The van der Waals surface area contributed by atoms with Crippen molar-refractivity contribution >= 4 is 21.7 Å². The van der Waals surface area contributed by atoms with Gasteiger partial charge in [0.2, 0.25) is 10.0 Å². The van der Waals surface area contributed by atoms with E-state index in [-0.39, 0.29) is 16.8 Å². The number of benzene rings is 2. The minimum absolute atomic E-state index is 0.00848. The number of hydrogen-bond donors (Lipinski definition) is 1. The highest BCUT2D eigenvalue weighted by molar-refractivity contribution is 7.89. The summed E-state index contributed by atoms with van der Waals surface area (Å²) in [6, 6.07) is 16.3. The summed E-state index contributed by atoms with van der Waals surface area (Å²) in [4.78, 5) is 17.9. The lowest BCUT2D eigenvalue weighted by Crippen LogP contribution is -2.41. The van der Waals surface area contributed by atoms with E-state index < -0.39 is 10.0 Å². The van der Waals surface area contributed by atoms with E-state index in [0.717, 1.165) is 43.4 Å². The molecule has 0 unspecified atom stereocenters. The van der Waals surface area contributed by atoms with Crippen LogP contribution in [0.1, 0.15) is 55.4 Å². The van der Waals surface area contributed by atoms with Gasteiger partial charge in [0.1, 0.15) is 11.5 Å². The zero-order valence-corrected chi connectivity index (χ0v) is 19.5. The summed E-state index contributed by atoms with van der Waals surface area (Å²) in [5.41, 5.74) is 2.07. The maximum absolute atomic E-state index is 13.1. The summed E-state index contributed by atoms with van der Waals surface area (Å²) >= 11 is 0. The largest absolute Gasteiger partial charge is 0.314 e. The number of nitrogens with one attached hydrogen (secondary N) is 1. The fourth-order valence-electron chi connectivity index (χ4n) is 4.44. The number of carbonyl (C=O) groups is 1. The Morgan fingerprint density at radius 3 is 2.39 bits per heavy atom. The lowest BCUT2D eigenvalue weighted by atomic mass is 10.1. The van der Waals surface area contributed by atoms with Gasteiger partial charge in [-0.15, -0.1) is 0 Å². The monoisotopic (exact) mass is 464 g/mol. The summed E-state index contributed by atoms with van der Waals surface area (Å²) in [7, 11) is -3.57. The minimum atomic E-state index is -3.57. The number of piperidine rings is 1. The number of aromatic nitrogens is 2. The van der Waals surface area contributed by atoms with Crippen LogP contribution in [0, 0.1) is 0 Å². The Bertz CT molecular complexity index is 1250. The molecule has 1 aliphatic carbocycles. The van der Waals surface area contributed by atoms with Crippen molar-refractivity contribution in [2.45, 2.75) is 56.0 Å². The molecule has 3 aromatic rings. The molecule has 5 rings (SSSR count). The van der Waals surface area contributed by atoms with E-state index in [0.29, 0.717) is 24.0 Å².